The van der Waals surface area contributed by atoms with E-state index in [0.29, 0.717) is 26.3 Å². The second kappa shape index (κ2) is 6.71. The van der Waals surface area contributed by atoms with Crippen molar-refractivity contribution in [2.45, 2.75) is 38.3 Å². The fourth-order valence-electron chi connectivity index (χ4n) is 2.14. The Morgan fingerprint density at radius 3 is 1.75 bits per heavy atom. The maximum Gasteiger partial charge on any atom is 0.320 e. The molecule has 116 valence electrons. The van der Waals surface area contributed by atoms with E-state index >= 15 is 0 Å². The number of carbonyl (C=O) groups is 1. The highest BCUT2D eigenvalue weighted by Gasteiger charge is 2.35. The summed E-state index contributed by atoms with van der Waals surface area (Å²) in [5.41, 5.74) is 0. The summed E-state index contributed by atoms with van der Waals surface area (Å²) in [6.07, 6.45) is -1.04. The lowest BCUT2D eigenvalue weighted by molar-refractivity contribution is 0.0784. The van der Waals surface area contributed by atoms with E-state index in [-0.39, 0.29) is 31.3 Å². The van der Waals surface area contributed by atoms with Gasteiger partial charge in [0.1, 0.15) is 0 Å². The number of hydrogen-bond donors (Lipinski definition) is 2. The summed E-state index contributed by atoms with van der Waals surface area (Å²) in [6, 6.07) is -0.183. The third-order valence-corrected chi connectivity index (χ3v) is 3.16. The van der Waals surface area contributed by atoms with Crippen LogP contribution in [-0.4, -0.2) is 89.9 Å². The minimum atomic E-state index is -0.631. The van der Waals surface area contributed by atoms with Crippen LogP contribution < -0.4 is 0 Å². The number of aliphatic hydroxyl groups is 2. The number of urea groups is 1. The van der Waals surface area contributed by atoms with E-state index in [0.717, 1.165) is 0 Å². The third-order valence-electron chi connectivity index (χ3n) is 3.16. The first-order valence-electron chi connectivity index (χ1n) is 7.09. The number of nitrogens with zero attached hydrogens (tertiary/aromatic N) is 2. The maximum atomic E-state index is 12.6. The van der Waals surface area contributed by atoms with Crippen LogP contribution in [0.25, 0.3) is 0 Å². The van der Waals surface area contributed by atoms with Gasteiger partial charge in [-0.15, -0.1) is 0 Å². The highest BCUT2D eigenvalue weighted by atomic mass is 16.6. The van der Waals surface area contributed by atoms with Gasteiger partial charge >= 0.3 is 6.03 Å². The van der Waals surface area contributed by atoms with E-state index in [4.69, 9.17) is 9.47 Å². The van der Waals surface area contributed by atoms with Crippen molar-refractivity contribution in [1.82, 2.24) is 9.80 Å². The minimum absolute atomic E-state index is 0.109. The van der Waals surface area contributed by atoms with Gasteiger partial charge in [0.15, 0.2) is 0 Å². The van der Waals surface area contributed by atoms with Gasteiger partial charge in [-0.2, -0.15) is 0 Å². The number of amides is 2. The van der Waals surface area contributed by atoms with Gasteiger partial charge in [0.2, 0.25) is 0 Å². The van der Waals surface area contributed by atoms with Crippen molar-refractivity contribution in [1.29, 1.82) is 0 Å². The zero-order valence-corrected chi connectivity index (χ0v) is 12.1. The largest absolute Gasteiger partial charge is 0.392 e. The number of ether oxygens (including phenoxy) is 2. The molecule has 2 aliphatic heterocycles. The quantitative estimate of drug-likeness (QED) is 0.575. The van der Waals surface area contributed by atoms with E-state index in [2.05, 4.69) is 0 Å². The summed E-state index contributed by atoms with van der Waals surface area (Å²) < 4.78 is 10.4. The van der Waals surface area contributed by atoms with Crippen molar-refractivity contribution in [2.75, 3.05) is 39.4 Å². The molecule has 0 aromatic heterocycles. The molecule has 2 heterocycles. The molecule has 2 saturated heterocycles. The van der Waals surface area contributed by atoms with Crippen LogP contribution >= 0.6 is 0 Å². The minimum Gasteiger partial charge on any atom is -0.392 e. The highest BCUT2D eigenvalue weighted by molar-refractivity contribution is 5.74. The summed E-state index contributed by atoms with van der Waals surface area (Å²) in [5, 5.41) is 19.0. The molecule has 0 radical (unpaired) electrons. The molecule has 0 aliphatic carbocycles. The average Bonchev–Trinajstić information content (AvgIpc) is 3.19. The number of aliphatic hydroxyl groups excluding tert-OH is 2. The number of rotatable bonds is 8. The van der Waals surface area contributed by atoms with E-state index in [1.54, 1.807) is 18.7 Å². The first-order chi connectivity index (χ1) is 9.45. The fraction of sp³-hybridized carbons (Fsp3) is 0.923. The van der Waals surface area contributed by atoms with Gasteiger partial charge < -0.3 is 29.5 Å². The van der Waals surface area contributed by atoms with Gasteiger partial charge in [-0.05, 0) is 13.8 Å². The van der Waals surface area contributed by atoms with E-state index in [1.165, 1.54) is 4.90 Å². The SMILES string of the molecule is CC(O)CN(CC(C)O)C(=O)N(CC1CO1)CC1CO1. The monoisotopic (exact) mass is 288 g/mol. The van der Waals surface area contributed by atoms with Crippen molar-refractivity contribution in [2.24, 2.45) is 0 Å². The second-order valence-corrected chi connectivity index (χ2v) is 5.70. The summed E-state index contributed by atoms with van der Waals surface area (Å²) >= 11 is 0. The summed E-state index contributed by atoms with van der Waals surface area (Å²) in [7, 11) is 0. The highest BCUT2D eigenvalue weighted by Crippen LogP contribution is 2.17. The molecule has 2 amide bonds. The Labute approximate surface area is 119 Å². The molecule has 4 atom stereocenters. The first kappa shape index (κ1) is 15.5. The fourth-order valence-corrected chi connectivity index (χ4v) is 2.14. The van der Waals surface area contributed by atoms with Gasteiger partial charge in [-0.25, -0.2) is 4.79 Å². The Balaban J connectivity index is 1.95. The molecule has 4 unspecified atom stereocenters. The van der Waals surface area contributed by atoms with Gasteiger partial charge in [0.05, 0.1) is 50.7 Å². The number of carbonyl (C=O) groups excluding carboxylic acids is 1. The topological polar surface area (TPSA) is 89.1 Å². The lowest BCUT2D eigenvalue weighted by atomic mass is 10.3. The zero-order chi connectivity index (χ0) is 14.7. The summed E-state index contributed by atoms with van der Waals surface area (Å²) in [4.78, 5) is 15.7. The Hall–Kier alpha value is -0.890. The molecule has 0 saturated carbocycles. The van der Waals surface area contributed by atoms with Crippen LogP contribution in [0.1, 0.15) is 13.8 Å². The van der Waals surface area contributed by atoms with Crippen molar-refractivity contribution < 1.29 is 24.5 Å². The molecule has 0 aromatic rings. The molecule has 7 nitrogen and oxygen atoms in total. The van der Waals surface area contributed by atoms with Crippen LogP contribution in [0.15, 0.2) is 0 Å². The molecule has 2 N–H and O–H groups in total. The molecule has 0 spiro atoms. The van der Waals surface area contributed by atoms with Crippen LogP contribution in [0.3, 0.4) is 0 Å². The molecule has 2 rings (SSSR count). The summed E-state index contributed by atoms with van der Waals surface area (Å²) in [5.74, 6) is 0. The smallest absolute Gasteiger partial charge is 0.320 e. The van der Waals surface area contributed by atoms with Crippen LogP contribution in [-0.2, 0) is 9.47 Å². The molecule has 2 fully saturated rings. The number of epoxide rings is 2. The van der Waals surface area contributed by atoms with Crippen LogP contribution in [0.2, 0.25) is 0 Å². The second-order valence-electron chi connectivity index (χ2n) is 5.70. The molecular weight excluding hydrogens is 264 g/mol. The molecule has 7 heteroatoms. The Morgan fingerprint density at radius 2 is 1.45 bits per heavy atom. The number of hydrogen-bond acceptors (Lipinski definition) is 5. The van der Waals surface area contributed by atoms with Crippen molar-refractivity contribution in [3.8, 4) is 0 Å². The third kappa shape index (κ3) is 5.24. The predicted molar refractivity (Wildman–Crippen MR) is 71.4 cm³/mol. The molecule has 0 bridgehead atoms. The predicted octanol–water partition coefficient (Wildman–Crippen LogP) is -0.730. The average molecular weight is 288 g/mol. The van der Waals surface area contributed by atoms with Crippen LogP contribution in [0.4, 0.5) is 4.79 Å². The Bertz CT molecular complexity index is 291. The van der Waals surface area contributed by atoms with Crippen molar-refractivity contribution in [3.05, 3.63) is 0 Å². The van der Waals surface area contributed by atoms with Gasteiger partial charge in [-0.3, -0.25) is 0 Å². The lowest BCUT2D eigenvalue weighted by Gasteiger charge is -2.31. The Morgan fingerprint density at radius 1 is 1.05 bits per heavy atom. The van der Waals surface area contributed by atoms with Gasteiger partial charge in [0.25, 0.3) is 0 Å². The molecule has 0 aromatic carbocycles. The van der Waals surface area contributed by atoms with Gasteiger partial charge in [-0.1, -0.05) is 0 Å². The van der Waals surface area contributed by atoms with Gasteiger partial charge in [0, 0.05) is 13.1 Å². The maximum absolute atomic E-state index is 12.6. The van der Waals surface area contributed by atoms with E-state index < -0.39 is 12.2 Å². The van der Waals surface area contributed by atoms with Crippen LogP contribution in [0, 0.1) is 0 Å². The molecule has 2 aliphatic rings. The normalized spacial score (nSPS) is 26.8. The molecule has 20 heavy (non-hydrogen) atoms. The van der Waals surface area contributed by atoms with E-state index in [9.17, 15) is 15.0 Å². The van der Waals surface area contributed by atoms with E-state index in [1.807, 2.05) is 0 Å². The van der Waals surface area contributed by atoms with Crippen LogP contribution in [0.5, 0.6) is 0 Å². The standard InChI is InChI=1S/C13H24N2O5/c1-9(16)3-14(4-10(2)17)13(18)15(5-11-7-19-11)6-12-8-20-12/h9-12,16-17H,3-8H2,1-2H3. The molecular formula is C13H24N2O5. The summed E-state index contributed by atoms with van der Waals surface area (Å²) in [6.45, 7) is 6.10. The Kier molecular flexibility index (Phi) is 5.20. The zero-order valence-electron chi connectivity index (χ0n) is 12.1. The van der Waals surface area contributed by atoms with Crippen molar-refractivity contribution >= 4 is 6.03 Å². The lowest BCUT2D eigenvalue weighted by Crippen LogP contribution is -2.50. The first-order valence-corrected chi connectivity index (χ1v) is 7.09. The van der Waals surface area contributed by atoms with Crippen molar-refractivity contribution in [3.63, 3.8) is 0 Å².